The number of rotatable bonds is 7. The van der Waals surface area contributed by atoms with E-state index in [0.29, 0.717) is 20.8 Å². The van der Waals surface area contributed by atoms with Crippen LogP contribution in [0, 0.1) is 6.92 Å². The van der Waals surface area contributed by atoms with Crippen molar-refractivity contribution in [3.8, 4) is 10.6 Å². The number of anilines is 2. The maximum absolute atomic E-state index is 13.0. The number of amides is 1. The summed E-state index contributed by atoms with van der Waals surface area (Å²) in [6.07, 6.45) is 1.38. The molecule has 0 bridgehead atoms. The van der Waals surface area contributed by atoms with Crippen LogP contribution in [0.5, 0.6) is 0 Å². The largest absolute Gasteiger partial charge is 0.299 e. The van der Waals surface area contributed by atoms with Crippen molar-refractivity contribution in [2.75, 3.05) is 15.9 Å². The molecule has 0 radical (unpaired) electrons. The molecule has 0 spiro atoms. The van der Waals surface area contributed by atoms with Gasteiger partial charge < -0.3 is 0 Å². The van der Waals surface area contributed by atoms with Crippen LogP contribution < -0.4 is 9.62 Å². The first-order valence-electron chi connectivity index (χ1n) is 9.15. The van der Waals surface area contributed by atoms with Crippen molar-refractivity contribution >= 4 is 49.7 Å². The lowest BCUT2D eigenvalue weighted by Gasteiger charge is -2.29. The van der Waals surface area contributed by atoms with E-state index in [1.165, 1.54) is 11.3 Å². The maximum Gasteiger partial charge on any atom is 0.250 e. The molecule has 1 N–H and O–H groups in total. The number of aromatic nitrogens is 2. The van der Waals surface area contributed by atoms with E-state index >= 15 is 0 Å². The summed E-state index contributed by atoms with van der Waals surface area (Å²) in [5.41, 5.74) is 2.25. The zero-order valence-electron chi connectivity index (χ0n) is 16.7. The number of aryl methyl sites for hydroxylation is 1. The second kappa shape index (κ2) is 9.11. The van der Waals surface area contributed by atoms with Crippen molar-refractivity contribution in [1.82, 2.24) is 10.2 Å². The Bertz CT molecular complexity index is 1130. The van der Waals surface area contributed by atoms with Gasteiger partial charge in [-0.15, -0.1) is 10.2 Å². The third kappa shape index (κ3) is 5.16. The first-order chi connectivity index (χ1) is 14.2. The number of benzene rings is 2. The van der Waals surface area contributed by atoms with Crippen LogP contribution in [0.25, 0.3) is 10.6 Å². The molecule has 3 aromatic rings. The van der Waals surface area contributed by atoms with Crippen LogP contribution in [0.15, 0.2) is 48.5 Å². The summed E-state index contributed by atoms with van der Waals surface area (Å²) < 4.78 is 26.1. The Hall–Kier alpha value is -2.49. The Labute approximate surface area is 184 Å². The van der Waals surface area contributed by atoms with E-state index in [1.807, 2.05) is 19.1 Å². The molecule has 1 aromatic heterocycles. The molecule has 158 valence electrons. The average molecular weight is 465 g/mol. The van der Waals surface area contributed by atoms with Gasteiger partial charge in [-0.05, 0) is 37.6 Å². The predicted octanol–water partition coefficient (Wildman–Crippen LogP) is 4.35. The number of hydrogen-bond donors (Lipinski definition) is 1. The number of nitrogens with one attached hydrogen (secondary N) is 1. The van der Waals surface area contributed by atoms with Crippen LogP contribution in [-0.2, 0) is 14.8 Å². The van der Waals surface area contributed by atoms with Crippen molar-refractivity contribution < 1.29 is 13.2 Å². The second-order valence-corrected chi connectivity index (χ2v) is 10.0. The molecule has 0 unspecified atom stereocenters. The van der Waals surface area contributed by atoms with Crippen LogP contribution >= 0.6 is 22.9 Å². The van der Waals surface area contributed by atoms with Gasteiger partial charge in [0, 0.05) is 10.6 Å². The lowest BCUT2D eigenvalue weighted by molar-refractivity contribution is -0.117. The lowest BCUT2D eigenvalue weighted by atomic mass is 10.1. The number of carbonyl (C=O) groups is 1. The zero-order chi connectivity index (χ0) is 21.9. The fourth-order valence-electron chi connectivity index (χ4n) is 2.92. The molecule has 7 nitrogen and oxygen atoms in total. The zero-order valence-corrected chi connectivity index (χ0v) is 19.1. The van der Waals surface area contributed by atoms with E-state index in [4.69, 9.17) is 11.6 Å². The fourth-order valence-corrected chi connectivity index (χ4v) is 5.01. The molecule has 0 aliphatic rings. The van der Waals surface area contributed by atoms with Crippen molar-refractivity contribution in [3.63, 3.8) is 0 Å². The maximum atomic E-state index is 13.0. The third-order valence-corrected chi connectivity index (χ3v) is 6.68. The van der Waals surface area contributed by atoms with Gasteiger partial charge in [0.15, 0.2) is 0 Å². The summed E-state index contributed by atoms with van der Waals surface area (Å²) in [5, 5.41) is 12.3. The highest BCUT2D eigenvalue weighted by Crippen LogP contribution is 2.28. The molecule has 1 heterocycles. The summed E-state index contributed by atoms with van der Waals surface area (Å²) in [4.78, 5) is 13.0. The highest BCUT2D eigenvalue weighted by atomic mass is 35.5. The fraction of sp³-hybridized carbons (Fsp3) is 0.250. The van der Waals surface area contributed by atoms with Gasteiger partial charge in [0.05, 0.1) is 11.9 Å². The molecule has 30 heavy (non-hydrogen) atoms. The summed E-state index contributed by atoms with van der Waals surface area (Å²) >= 11 is 7.11. The normalized spacial score (nSPS) is 12.4. The minimum Gasteiger partial charge on any atom is -0.299 e. The van der Waals surface area contributed by atoms with Gasteiger partial charge in [-0.3, -0.25) is 14.4 Å². The topological polar surface area (TPSA) is 92.3 Å². The smallest absolute Gasteiger partial charge is 0.250 e. The Kier molecular flexibility index (Phi) is 6.74. The Morgan fingerprint density at radius 3 is 2.33 bits per heavy atom. The van der Waals surface area contributed by atoms with Gasteiger partial charge in [-0.1, -0.05) is 59.7 Å². The summed E-state index contributed by atoms with van der Waals surface area (Å²) in [6.45, 7) is 3.67. The first-order valence-corrected chi connectivity index (χ1v) is 12.2. The highest BCUT2D eigenvalue weighted by Gasteiger charge is 2.32. The van der Waals surface area contributed by atoms with Crippen molar-refractivity contribution in [1.29, 1.82) is 0 Å². The second-order valence-electron chi connectivity index (χ2n) is 6.73. The minimum atomic E-state index is -3.69. The van der Waals surface area contributed by atoms with Gasteiger partial charge in [0.25, 0.3) is 0 Å². The summed E-state index contributed by atoms with van der Waals surface area (Å²) in [5.74, 6) is -0.470. The van der Waals surface area contributed by atoms with Crippen LogP contribution in [-0.4, -0.2) is 36.8 Å². The number of halogens is 1. The lowest BCUT2D eigenvalue weighted by Crippen LogP contribution is -2.47. The van der Waals surface area contributed by atoms with Crippen LogP contribution in [0.2, 0.25) is 5.02 Å². The van der Waals surface area contributed by atoms with E-state index in [2.05, 4.69) is 15.5 Å². The van der Waals surface area contributed by atoms with Gasteiger partial charge >= 0.3 is 0 Å². The van der Waals surface area contributed by atoms with Gasteiger partial charge in [-0.25, -0.2) is 8.42 Å². The predicted molar refractivity (Wildman–Crippen MR) is 122 cm³/mol. The molecule has 1 amide bonds. The molecule has 0 aliphatic carbocycles. The van der Waals surface area contributed by atoms with E-state index < -0.39 is 22.0 Å². The number of hydrogen-bond acceptors (Lipinski definition) is 6. The third-order valence-electron chi connectivity index (χ3n) is 4.36. The number of carbonyl (C=O) groups excluding carboxylic acids is 1. The monoisotopic (exact) mass is 464 g/mol. The Morgan fingerprint density at radius 1 is 1.13 bits per heavy atom. The Morgan fingerprint density at radius 2 is 1.77 bits per heavy atom. The molecular weight excluding hydrogens is 444 g/mol. The van der Waals surface area contributed by atoms with Crippen molar-refractivity contribution in [2.24, 2.45) is 0 Å². The van der Waals surface area contributed by atoms with Crippen molar-refractivity contribution in [2.45, 2.75) is 26.3 Å². The number of sulfonamides is 1. The quantitative estimate of drug-likeness (QED) is 0.561. The summed E-state index contributed by atoms with van der Waals surface area (Å²) in [7, 11) is -3.69. The summed E-state index contributed by atoms with van der Waals surface area (Å²) in [6, 6.07) is 13.2. The SMILES string of the molecule is CC[C@H](C(=O)Nc1nnc(-c2ccc(Cl)cc2)s1)N(c1ccc(C)cc1)S(C)(=O)=O. The van der Waals surface area contributed by atoms with E-state index in [-0.39, 0.29) is 6.42 Å². The molecule has 0 aliphatic heterocycles. The molecule has 0 saturated heterocycles. The van der Waals surface area contributed by atoms with Gasteiger partial charge in [0.2, 0.25) is 21.1 Å². The highest BCUT2D eigenvalue weighted by molar-refractivity contribution is 7.92. The molecule has 10 heteroatoms. The molecule has 0 saturated carbocycles. The minimum absolute atomic E-state index is 0.287. The molecule has 1 atom stereocenters. The van der Waals surface area contributed by atoms with Gasteiger partial charge in [-0.2, -0.15) is 0 Å². The van der Waals surface area contributed by atoms with Crippen molar-refractivity contribution in [3.05, 3.63) is 59.1 Å². The number of nitrogens with zero attached hydrogens (tertiary/aromatic N) is 3. The van der Waals surface area contributed by atoms with Gasteiger partial charge in [0.1, 0.15) is 11.0 Å². The molecular formula is C20H21ClN4O3S2. The molecule has 3 rings (SSSR count). The van der Waals surface area contributed by atoms with Crippen LogP contribution in [0.4, 0.5) is 10.8 Å². The van der Waals surface area contributed by atoms with Crippen LogP contribution in [0.1, 0.15) is 18.9 Å². The first kappa shape index (κ1) is 22.2. The van der Waals surface area contributed by atoms with E-state index in [1.54, 1.807) is 43.3 Å². The molecule has 0 fully saturated rings. The average Bonchev–Trinajstić information content (AvgIpc) is 3.15. The standard InChI is InChI=1S/C20H21ClN4O3S2/c1-4-17(25(30(3,27)28)16-11-5-13(2)6-12-16)18(26)22-20-24-23-19(29-20)14-7-9-15(21)10-8-14/h5-12,17H,4H2,1-3H3,(H,22,24,26)/t17-/m1/s1. The molecule has 2 aromatic carbocycles. The van der Waals surface area contributed by atoms with Crippen LogP contribution in [0.3, 0.4) is 0 Å². The van der Waals surface area contributed by atoms with E-state index in [0.717, 1.165) is 21.7 Å². The Balaban J connectivity index is 1.84. The van der Waals surface area contributed by atoms with E-state index in [9.17, 15) is 13.2 Å².